The fraction of sp³-hybridized carbons (Fsp3) is 0.889. The van der Waals surface area contributed by atoms with Gasteiger partial charge in [0.05, 0.1) is 0 Å². The maximum absolute atomic E-state index is 11.4. The van der Waals surface area contributed by atoms with E-state index in [1.165, 1.54) is 0 Å². The van der Waals surface area contributed by atoms with Crippen LogP contribution < -0.4 is 0 Å². The highest BCUT2D eigenvalue weighted by atomic mass is 79.9. The van der Waals surface area contributed by atoms with E-state index in [1.807, 2.05) is 18.7 Å². The summed E-state index contributed by atoms with van der Waals surface area (Å²) in [4.78, 5) is 13.3. The zero-order valence-corrected chi connectivity index (χ0v) is 9.56. The van der Waals surface area contributed by atoms with Crippen LogP contribution >= 0.6 is 15.9 Å². The number of alkyl halides is 1. The first-order valence-corrected chi connectivity index (χ1v) is 5.72. The van der Waals surface area contributed by atoms with Gasteiger partial charge in [0, 0.05) is 24.8 Å². The van der Waals surface area contributed by atoms with Crippen LogP contribution in [0.3, 0.4) is 0 Å². The van der Waals surface area contributed by atoms with Crippen LogP contribution in [0.1, 0.15) is 33.1 Å². The molecule has 0 saturated heterocycles. The molecule has 0 atom stereocenters. The number of hydrogen-bond donors (Lipinski definition) is 0. The summed E-state index contributed by atoms with van der Waals surface area (Å²) in [5.74, 6) is 0.293. The van der Waals surface area contributed by atoms with E-state index in [2.05, 4.69) is 15.9 Å². The van der Waals surface area contributed by atoms with Crippen molar-refractivity contribution in [3.05, 3.63) is 0 Å². The molecule has 0 aliphatic carbocycles. The van der Waals surface area contributed by atoms with Gasteiger partial charge < -0.3 is 4.90 Å². The van der Waals surface area contributed by atoms with E-state index in [1.54, 1.807) is 0 Å². The highest BCUT2D eigenvalue weighted by Gasteiger charge is 2.08. The van der Waals surface area contributed by atoms with E-state index in [9.17, 15) is 4.79 Å². The minimum atomic E-state index is 0.293. The third kappa shape index (κ3) is 4.75. The zero-order valence-electron chi connectivity index (χ0n) is 7.98. The molecular formula is C9H18BrNO. The van der Waals surface area contributed by atoms with E-state index < -0.39 is 0 Å². The lowest BCUT2D eigenvalue weighted by molar-refractivity contribution is -0.131. The predicted molar refractivity (Wildman–Crippen MR) is 55.6 cm³/mol. The highest BCUT2D eigenvalue weighted by Crippen LogP contribution is 1.99. The van der Waals surface area contributed by atoms with Crippen molar-refractivity contribution >= 4 is 21.8 Å². The fourth-order valence-electron chi connectivity index (χ4n) is 1.08. The van der Waals surface area contributed by atoms with Crippen LogP contribution in [-0.2, 0) is 4.79 Å². The van der Waals surface area contributed by atoms with Gasteiger partial charge in [0.2, 0.25) is 5.91 Å². The quantitative estimate of drug-likeness (QED) is 0.648. The highest BCUT2D eigenvalue weighted by molar-refractivity contribution is 9.09. The van der Waals surface area contributed by atoms with Crippen LogP contribution in [0.5, 0.6) is 0 Å². The van der Waals surface area contributed by atoms with Crippen LogP contribution in [0.4, 0.5) is 0 Å². The number of rotatable bonds is 6. The summed E-state index contributed by atoms with van der Waals surface area (Å²) in [5.41, 5.74) is 0. The van der Waals surface area contributed by atoms with E-state index >= 15 is 0 Å². The second-order valence-electron chi connectivity index (χ2n) is 2.77. The molecule has 0 aromatic heterocycles. The summed E-state index contributed by atoms with van der Waals surface area (Å²) in [6.07, 6.45) is 2.68. The Bertz CT molecular complexity index is 128. The number of nitrogens with zero attached hydrogens (tertiary/aromatic N) is 1. The van der Waals surface area contributed by atoms with Gasteiger partial charge in [-0.2, -0.15) is 0 Å². The van der Waals surface area contributed by atoms with Crippen molar-refractivity contribution in [1.82, 2.24) is 4.90 Å². The Balaban J connectivity index is 3.71. The monoisotopic (exact) mass is 235 g/mol. The van der Waals surface area contributed by atoms with E-state index in [0.29, 0.717) is 12.3 Å². The molecule has 0 aromatic rings. The molecule has 0 aliphatic rings. The molecule has 3 heteroatoms. The van der Waals surface area contributed by atoms with Gasteiger partial charge in [-0.3, -0.25) is 4.79 Å². The molecule has 0 aliphatic heterocycles. The molecule has 0 N–H and O–H groups in total. The van der Waals surface area contributed by atoms with E-state index in [0.717, 1.165) is 31.3 Å². The number of carbonyl (C=O) groups excluding carboxylic acids is 1. The van der Waals surface area contributed by atoms with Crippen molar-refractivity contribution in [2.45, 2.75) is 33.1 Å². The van der Waals surface area contributed by atoms with Crippen molar-refractivity contribution in [1.29, 1.82) is 0 Å². The molecule has 0 heterocycles. The number of carbonyl (C=O) groups is 1. The van der Waals surface area contributed by atoms with Crippen molar-refractivity contribution in [3.63, 3.8) is 0 Å². The summed E-state index contributed by atoms with van der Waals surface area (Å²) in [6.45, 7) is 5.80. The van der Waals surface area contributed by atoms with Gasteiger partial charge in [0.1, 0.15) is 0 Å². The maximum atomic E-state index is 11.4. The molecule has 0 aromatic carbocycles. The Hall–Kier alpha value is -0.0500. The maximum Gasteiger partial charge on any atom is 0.222 e. The number of halogens is 1. The molecule has 0 saturated carbocycles. The van der Waals surface area contributed by atoms with Crippen LogP contribution in [0.25, 0.3) is 0 Å². The first kappa shape index (κ1) is 11.9. The molecule has 0 fully saturated rings. The van der Waals surface area contributed by atoms with E-state index in [-0.39, 0.29) is 0 Å². The average molecular weight is 236 g/mol. The van der Waals surface area contributed by atoms with Crippen LogP contribution in [-0.4, -0.2) is 29.2 Å². The molecule has 0 rings (SSSR count). The van der Waals surface area contributed by atoms with Gasteiger partial charge in [-0.05, 0) is 19.8 Å². The summed E-state index contributed by atoms with van der Waals surface area (Å²) in [5, 5.41) is 0.975. The minimum absolute atomic E-state index is 0.293. The molecule has 0 bridgehead atoms. The Morgan fingerprint density at radius 1 is 1.42 bits per heavy atom. The molecule has 72 valence electrons. The van der Waals surface area contributed by atoms with Gasteiger partial charge in [-0.25, -0.2) is 0 Å². The number of amides is 1. The first-order chi connectivity index (χ1) is 5.76. The van der Waals surface area contributed by atoms with E-state index in [4.69, 9.17) is 0 Å². The van der Waals surface area contributed by atoms with Gasteiger partial charge in [0.15, 0.2) is 0 Å². The van der Waals surface area contributed by atoms with Crippen LogP contribution in [0, 0.1) is 0 Å². The smallest absolute Gasteiger partial charge is 0.222 e. The average Bonchev–Trinajstić information content (AvgIpc) is 2.06. The van der Waals surface area contributed by atoms with Gasteiger partial charge in [0.25, 0.3) is 0 Å². The molecule has 2 nitrogen and oxygen atoms in total. The summed E-state index contributed by atoms with van der Waals surface area (Å²) >= 11 is 3.36. The molecule has 0 radical (unpaired) electrons. The van der Waals surface area contributed by atoms with Crippen LogP contribution in [0.2, 0.25) is 0 Å². The molecule has 1 amide bonds. The predicted octanol–water partition coefficient (Wildman–Crippen LogP) is 2.42. The largest absolute Gasteiger partial charge is 0.343 e. The molecule has 12 heavy (non-hydrogen) atoms. The van der Waals surface area contributed by atoms with Crippen molar-refractivity contribution < 1.29 is 4.79 Å². The lowest BCUT2D eigenvalue weighted by Gasteiger charge is -2.19. The van der Waals surface area contributed by atoms with Crippen molar-refractivity contribution in [3.8, 4) is 0 Å². The summed E-state index contributed by atoms with van der Waals surface area (Å²) < 4.78 is 0. The fourth-order valence-corrected chi connectivity index (χ4v) is 1.33. The van der Waals surface area contributed by atoms with Gasteiger partial charge >= 0.3 is 0 Å². The Labute approximate surface area is 83.4 Å². The lowest BCUT2D eigenvalue weighted by Crippen LogP contribution is -2.31. The SMILES string of the molecule is CCCC(=O)N(CC)CCCBr. The third-order valence-corrected chi connectivity index (χ3v) is 2.32. The standard InChI is InChI=1S/C9H18BrNO/c1-3-6-9(12)11(4-2)8-5-7-10/h3-8H2,1-2H3. The molecule has 0 spiro atoms. The first-order valence-electron chi connectivity index (χ1n) is 4.60. The van der Waals surface area contributed by atoms with Gasteiger partial charge in [-0.1, -0.05) is 22.9 Å². The van der Waals surface area contributed by atoms with Gasteiger partial charge in [-0.15, -0.1) is 0 Å². The Kier molecular flexibility index (Phi) is 7.56. The molecule has 0 unspecified atom stereocenters. The summed E-state index contributed by atoms with van der Waals surface area (Å²) in [6, 6.07) is 0. The van der Waals surface area contributed by atoms with Crippen LogP contribution in [0.15, 0.2) is 0 Å². The second kappa shape index (κ2) is 7.59. The van der Waals surface area contributed by atoms with Crippen molar-refractivity contribution in [2.75, 3.05) is 18.4 Å². The third-order valence-electron chi connectivity index (χ3n) is 1.76. The number of hydrogen-bond acceptors (Lipinski definition) is 1. The zero-order chi connectivity index (χ0) is 9.40. The second-order valence-corrected chi connectivity index (χ2v) is 3.56. The lowest BCUT2D eigenvalue weighted by atomic mass is 10.3. The normalized spacial score (nSPS) is 9.92. The topological polar surface area (TPSA) is 20.3 Å². The minimum Gasteiger partial charge on any atom is -0.343 e. The van der Waals surface area contributed by atoms with Crippen molar-refractivity contribution in [2.24, 2.45) is 0 Å². The summed E-state index contributed by atoms with van der Waals surface area (Å²) in [7, 11) is 0. The Morgan fingerprint density at radius 3 is 2.50 bits per heavy atom. The Morgan fingerprint density at radius 2 is 2.08 bits per heavy atom. The molecular weight excluding hydrogens is 218 g/mol.